The maximum absolute atomic E-state index is 3.58. The highest BCUT2D eigenvalue weighted by Crippen LogP contribution is 2.15. The molecule has 0 aliphatic carbocycles. The topological polar surface area (TPSA) is 12.0 Å². The first kappa shape index (κ1) is 8.76. The summed E-state index contributed by atoms with van der Waals surface area (Å²) in [5.41, 5.74) is 3.07. The van der Waals surface area contributed by atoms with E-state index in [0.29, 0.717) is 6.04 Å². The van der Waals surface area contributed by atoms with Crippen LogP contribution in [0.3, 0.4) is 0 Å². The second-order valence-corrected chi connectivity index (χ2v) is 3.78. The van der Waals surface area contributed by atoms with Gasteiger partial charge in [0, 0.05) is 6.04 Å². The molecular weight excluding hydrogens is 158 g/mol. The molecule has 1 aliphatic heterocycles. The van der Waals surface area contributed by atoms with Crippen molar-refractivity contribution in [2.45, 2.75) is 32.2 Å². The highest BCUT2D eigenvalue weighted by molar-refractivity contribution is 5.29. The highest BCUT2D eigenvalue weighted by atomic mass is 14.9. The molecule has 0 aromatic heterocycles. The van der Waals surface area contributed by atoms with Gasteiger partial charge >= 0.3 is 0 Å². The molecule has 0 radical (unpaired) electrons. The van der Waals surface area contributed by atoms with Crippen molar-refractivity contribution in [3.8, 4) is 0 Å². The van der Waals surface area contributed by atoms with E-state index >= 15 is 0 Å². The van der Waals surface area contributed by atoms with Crippen molar-refractivity contribution in [1.82, 2.24) is 5.32 Å². The molecule has 1 nitrogen and oxygen atoms in total. The number of benzene rings is 1. The summed E-state index contributed by atoms with van der Waals surface area (Å²) in [4.78, 5) is 0. The average molecular weight is 175 g/mol. The molecule has 0 amide bonds. The number of hydrogen-bond donors (Lipinski definition) is 1. The Morgan fingerprint density at radius 3 is 2.85 bits per heavy atom. The quantitative estimate of drug-likeness (QED) is 0.689. The van der Waals surface area contributed by atoms with E-state index in [1.807, 2.05) is 0 Å². The van der Waals surface area contributed by atoms with E-state index in [0.717, 1.165) is 6.54 Å². The Bertz CT molecular complexity index is 280. The van der Waals surface area contributed by atoms with Gasteiger partial charge in [-0.1, -0.05) is 31.2 Å². The molecule has 1 aromatic carbocycles. The minimum Gasteiger partial charge on any atom is -0.313 e. The summed E-state index contributed by atoms with van der Waals surface area (Å²) < 4.78 is 0. The third-order valence-electron chi connectivity index (χ3n) is 2.90. The van der Waals surface area contributed by atoms with E-state index in [1.54, 1.807) is 5.56 Å². The van der Waals surface area contributed by atoms with Crippen LogP contribution in [0.4, 0.5) is 0 Å². The molecule has 1 heterocycles. The van der Waals surface area contributed by atoms with Crippen LogP contribution in [0.5, 0.6) is 0 Å². The van der Waals surface area contributed by atoms with Crippen LogP contribution >= 0.6 is 0 Å². The fourth-order valence-corrected chi connectivity index (χ4v) is 2.04. The lowest BCUT2D eigenvalue weighted by atomic mass is 10.00. The summed E-state index contributed by atoms with van der Waals surface area (Å²) in [6, 6.07) is 9.51. The first-order valence-electron chi connectivity index (χ1n) is 5.20. The van der Waals surface area contributed by atoms with Gasteiger partial charge in [0.05, 0.1) is 0 Å². The van der Waals surface area contributed by atoms with E-state index in [1.165, 1.54) is 24.8 Å². The van der Waals surface area contributed by atoms with Gasteiger partial charge in [-0.05, 0) is 36.9 Å². The summed E-state index contributed by atoms with van der Waals surface area (Å²) in [6.45, 7) is 3.39. The third-order valence-corrected chi connectivity index (χ3v) is 2.90. The number of fused-ring (bicyclic) bond motifs is 1. The lowest BCUT2D eigenvalue weighted by molar-refractivity contribution is 0.513. The van der Waals surface area contributed by atoms with E-state index in [-0.39, 0.29) is 0 Å². The Balaban J connectivity index is 2.23. The van der Waals surface area contributed by atoms with Crippen LogP contribution in [0.15, 0.2) is 24.3 Å². The molecule has 1 aliphatic rings. The molecule has 0 bridgehead atoms. The lowest BCUT2D eigenvalue weighted by Gasteiger charge is -2.12. The standard InChI is InChI=1S/C12H17N/c1-2-12-9-11-6-4-3-5-10(11)7-8-13-12/h3-6,12-13H,2,7-9H2,1H3/t12-/m0/s1. The SMILES string of the molecule is CC[C@H]1Cc2ccccc2CCN1. The minimum absolute atomic E-state index is 0.684. The fourth-order valence-electron chi connectivity index (χ4n) is 2.04. The van der Waals surface area contributed by atoms with Crippen LogP contribution in [-0.4, -0.2) is 12.6 Å². The summed E-state index contributed by atoms with van der Waals surface area (Å²) >= 11 is 0. The molecule has 0 saturated carbocycles. The smallest absolute Gasteiger partial charge is 0.0105 e. The lowest BCUT2D eigenvalue weighted by Crippen LogP contribution is -2.29. The molecule has 13 heavy (non-hydrogen) atoms. The molecule has 1 N–H and O–H groups in total. The van der Waals surface area contributed by atoms with Gasteiger partial charge in [-0.2, -0.15) is 0 Å². The number of hydrogen-bond acceptors (Lipinski definition) is 1. The monoisotopic (exact) mass is 175 g/mol. The third kappa shape index (κ3) is 1.92. The van der Waals surface area contributed by atoms with Gasteiger partial charge in [-0.25, -0.2) is 0 Å². The summed E-state index contributed by atoms with van der Waals surface area (Å²) in [5, 5.41) is 3.58. The fraction of sp³-hybridized carbons (Fsp3) is 0.500. The van der Waals surface area contributed by atoms with Crippen molar-refractivity contribution in [1.29, 1.82) is 0 Å². The second-order valence-electron chi connectivity index (χ2n) is 3.78. The molecule has 1 heteroatoms. The molecular formula is C12H17N. The van der Waals surface area contributed by atoms with Gasteiger partial charge in [0.1, 0.15) is 0 Å². The average Bonchev–Trinajstić information content (AvgIpc) is 2.38. The first-order valence-corrected chi connectivity index (χ1v) is 5.20. The summed E-state index contributed by atoms with van der Waals surface area (Å²) in [7, 11) is 0. The van der Waals surface area contributed by atoms with Gasteiger partial charge in [0.2, 0.25) is 0 Å². The largest absolute Gasteiger partial charge is 0.313 e. The van der Waals surface area contributed by atoms with E-state index in [9.17, 15) is 0 Å². The molecule has 70 valence electrons. The van der Waals surface area contributed by atoms with Gasteiger partial charge in [-0.3, -0.25) is 0 Å². The van der Waals surface area contributed by atoms with Crippen molar-refractivity contribution in [3.05, 3.63) is 35.4 Å². The normalized spacial score (nSPS) is 22.1. The van der Waals surface area contributed by atoms with Crippen molar-refractivity contribution in [2.75, 3.05) is 6.54 Å². The Labute approximate surface area is 80.2 Å². The van der Waals surface area contributed by atoms with Gasteiger partial charge < -0.3 is 5.32 Å². The molecule has 1 aromatic rings. The predicted octanol–water partition coefficient (Wildman–Crippen LogP) is 2.15. The Morgan fingerprint density at radius 2 is 2.08 bits per heavy atom. The zero-order valence-corrected chi connectivity index (χ0v) is 8.22. The Kier molecular flexibility index (Phi) is 2.65. The van der Waals surface area contributed by atoms with Crippen LogP contribution in [0, 0.1) is 0 Å². The zero-order chi connectivity index (χ0) is 9.10. The molecule has 0 saturated heterocycles. The van der Waals surface area contributed by atoms with Crippen LogP contribution < -0.4 is 5.32 Å². The van der Waals surface area contributed by atoms with Crippen molar-refractivity contribution in [3.63, 3.8) is 0 Å². The maximum atomic E-state index is 3.58. The molecule has 1 atom stereocenters. The first-order chi connectivity index (χ1) is 6.40. The van der Waals surface area contributed by atoms with Gasteiger partial charge in [0.25, 0.3) is 0 Å². The number of rotatable bonds is 1. The van der Waals surface area contributed by atoms with Crippen molar-refractivity contribution >= 4 is 0 Å². The number of nitrogens with one attached hydrogen (secondary N) is 1. The maximum Gasteiger partial charge on any atom is 0.0105 e. The summed E-state index contributed by atoms with van der Waals surface area (Å²) in [5.74, 6) is 0. The van der Waals surface area contributed by atoms with E-state index in [2.05, 4.69) is 36.5 Å². The van der Waals surface area contributed by atoms with Crippen LogP contribution in [0.1, 0.15) is 24.5 Å². The second kappa shape index (κ2) is 3.93. The van der Waals surface area contributed by atoms with Gasteiger partial charge in [-0.15, -0.1) is 0 Å². The minimum atomic E-state index is 0.684. The van der Waals surface area contributed by atoms with Gasteiger partial charge in [0.15, 0.2) is 0 Å². The van der Waals surface area contributed by atoms with Crippen LogP contribution in [-0.2, 0) is 12.8 Å². The van der Waals surface area contributed by atoms with Crippen molar-refractivity contribution in [2.24, 2.45) is 0 Å². The van der Waals surface area contributed by atoms with E-state index < -0.39 is 0 Å². The zero-order valence-electron chi connectivity index (χ0n) is 8.22. The molecule has 0 spiro atoms. The molecule has 0 unspecified atom stereocenters. The molecule has 2 rings (SSSR count). The Morgan fingerprint density at radius 1 is 1.31 bits per heavy atom. The Hall–Kier alpha value is -0.820. The summed E-state index contributed by atoms with van der Waals surface area (Å²) in [6.07, 6.45) is 3.62. The van der Waals surface area contributed by atoms with E-state index in [4.69, 9.17) is 0 Å². The molecule has 0 fully saturated rings. The van der Waals surface area contributed by atoms with Crippen molar-refractivity contribution < 1.29 is 0 Å². The van der Waals surface area contributed by atoms with Crippen LogP contribution in [0.25, 0.3) is 0 Å². The van der Waals surface area contributed by atoms with Crippen LogP contribution in [0.2, 0.25) is 0 Å². The predicted molar refractivity (Wildman–Crippen MR) is 55.9 cm³/mol. The highest BCUT2D eigenvalue weighted by Gasteiger charge is 2.13.